The van der Waals surface area contributed by atoms with Crippen LogP contribution in [0.2, 0.25) is 0 Å². The molecule has 24 heavy (non-hydrogen) atoms. The Balaban J connectivity index is 1.54. The third-order valence-corrected chi connectivity index (χ3v) is 5.46. The van der Waals surface area contributed by atoms with E-state index in [1.807, 2.05) is 9.58 Å². The van der Waals surface area contributed by atoms with Crippen LogP contribution in [0.1, 0.15) is 39.4 Å². The molecule has 1 aromatic rings. The standard InChI is InChI=1S/C18H31N5O/c1-14(2)23-6-5-17(19-23)12-20-11-15(3)18(13-20)22-9-7-21(8-10-22)16(4)24/h5-6,14-15,18H,7-13H2,1-4H3/t15-,18-/m1/s1. The number of carbonyl (C=O) groups excluding carboxylic acids is 1. The van der Waals surface area contributed by atoms with Gasteiger partial charge in [0, 0.05) is 71.0 Å². The lowest BCUT2D eigenvalue weighted by molar-refractivity contribution is -0.130. The second-order valence-corrected chi connectivity index (χ2v) is 7.66. The number of rotatable bonds is 4. The Morgan fingerprint density at radius 3 is 2.54 bits per heavy atom. The Morgan fingerprint density at radius 1 is 1.25 bits per heavy atom. The maximum absolute atomic E-state index is 11.5. The molecule has 0 aliphatic carbocycles. The minimum absolute atomic E-state index is 0.205. The summed E-state index contributed by atoms with van der Waals surface area (Å²) in [6.07, 6.45) is 2.08. The summed E-state index contributed by atoms with van der Waals surface area (Å²) >= 11 is 0. The molecule has 0 N–H and O–H groups in total. The molecule has 2 aliphatic rings. The number of amides is 1. The molecule has 2 atom stereocenters. The molecule has 2 fully saturated rings. The summed E-state index contributed by atoms with van der Waals surface area (Å²) in [7, 11) is 0. The van der Waals surface area contributed by atoms with Gasteiger partial charge in [0.15, 0.2) is 0 Å². The van der Waals surface area contributed by atoms with Crippen LogP contribution in [0.4, 0.5) is 0 Å². The van der Waals surface area contributed by atoms with Crippen LogP contribution in [0.3, 0.4) is 0 Å². The van der Waals surface area contributed by atoms with E-state index in [0.29, 0.717) is 18.0 Å². The molecular formula is C18H31N5O. The van der Waals surface area contributed by atoms with Gasteiger partial charge < -0.3 is 4.90 Å². The molecule has 134 valence electrons. The lowest BCUT2D eigenvalue weighted by Crippen LogP contribution is -2.53. The van der Waals surface area contributed by atoms with E-state index in [9.17, 15) is 4.79 Å². The molecule has 6 nitrogen and oxygen atoms in total. The number of carbonyl (C=O) groups is 1. The third kappa shape index (κ3) is 3.81. The second-order valence-electron chi connectivity index (χ2n) is 7.66. The number of aromatic nitrogens is 2. The van der Waals surface area contributed by atoms with Gasteiger partial charge in [0.1, 0.15) is 0 Å². The van der Waals surface area contributed by atoms with E-state index in [1.54, 1.807) is 6.92 Å². The molecular weight excluding hydrogens is 302 g/mol. The lowest BCUT2D eigenvalue weighted by Gasteiger charge is -2.39. The summed E-state index contributed by atoms with van der Waals surface area (Å²) in [5.74, 6) is 0.873. The minimum Gasteiger partial charge on any atom is -0.340 e. The molecule has 2 saturated heterocycles. The summed E-state index contributed by atoms with van der Waals surface area (Å²) in [6, 6.07) is 3.16. The van der Waals surface area contributed by atoms with Crippen molar-refractivity contribution in [2.45, 2.75) is 46.3 Å². The quantitative estimate of drug-likeness (QED) is 0.837. The molecule has 0 spiro atoms. The molecule has 3 rings (SSSR count). The predicted octanol–water partition coefficient (Wildman–Crippen LogP) is 1.45. The normalized spacial score (nSPS) is 26.5. The molecule has 0 saturated carbocycles. The van der Waals surface area contributed by atoms with Gasteiger partial charge in [-0.1, -0.05) is 6.92 Å². The number of hydrogen-bond donors (Lipinski definition) is 0. The summed E-state index contributed by atoms with van der Waals surface area (Å²) < 4.78 is 2.04. The summed E-state index contributed by atoms with van der Waals surface area (Å²) in [5.41, 5.74) is 1.16. The Labute approximate surface area is 145 Å². The summed E-state index contributed by atoms with van der Waals surface area (Å²) in [6.45, 7) is 15.3. The van der Waals surface area contributed by atoms with Crippen molar-refractivity contribution >= 4 is 5.91 Å². The first kappa shape index (κ1) is 17.4. The van der Waals surface area contributed by atoms with Crippen LogP contribution in [-0.2, 0) is 11.3 Å². The van der Waals surface area contributed by atoms with Crippen LogP contribution < -0.4 is 0 Å². The van der Waals surface area contributed by atoms with Gasteiger partial charge in [-0.05, 0) is 25.8 Å². The van der Waals surface area contributed by atoms with E-state index in [-0.39, 0.29) is 5.91 Å². The lowest BCUT2D eigenvalue weighted by atomic mass is 10.0. The Morgan fingerprint density at radius 2 is 1.96 bits per heavy atom. The van der Waals surface area contributed by atoms with Gasteiger partial charge in [-0.25, -0.2) is 0 Å². The maximum Gasteiger partial charge on any atom is 0.219 e. The van der Waals surface area contributed by atoms with E-state index in [2.05, 4.69) is 47.9 Å². The fourth-order valence-corrected chi connectivity index (χ4v) is 4.00. The molecule has 6 heteroatoms. The van der Waals surface area contributed by atoms with Crippen molar-refractivity contribution in [1.29, 1.82) is 0 Å². The van der Waals surface area contributed by atoms with Crippen molar-refractivity contribution in [1.82, 2.24) is 24.5 Å². The minimum atomic E-state index is 0.205. The average molecular weight is 333 g/mol. The highest BCUT2D eigenvalue weighted by atomic mass is 16.2. The van der Waals surface area contributed by atoms with Crippen LogP contribution in [0.5, 0.6) is 0 Å². The molecule has 1 aromatic heterocycles. The molecule has 0 unspecified atom stereocenters. The molecule has 0 bridgehead atoms. The molecule has 3 heterocycles. The summed E-state index contributed by atoms with van der Waals surface area (Å²) in [5, 5.41) is 4.68. The maximum atomic E-state index is 11.5. The third-order valence-electron chi connectivity index (χ3n) is 5.46. The van der Waals surface area contributed by atoms with Gasteiger partial charge in [-0.15, -0.1) is 0 Å². The van der Waals surface area contributed by atoms with Crippen molar-refractivity contribution in [3.05, 3.63) is 18.0 Å². The second kappa shape index (κ2) is 7.23. The van der Waals surface area contributed by atoms with E-state index >= 15 is 0 Å². The number of likely N-dealkylation sites (tertiary alicyclic amines) is 1. The fraction of sp³-hybridized carbons (Fsp3) is 0.778. The van der Waals surface area contributed by atoms with Crippen molar-refractivity contribution in [3.63, 3.8) is 0 Å². The zero-order valence-corrected chi connectivity index (χ0v) is 15.5. The Kier molecular flexibility index (Phi) is 5.25. The van der Waals surface area contributed by atoms with Crippen molar-refractivity contribution in [2.75, 3.05) is 39.3 Å². The van der Waals surface area contributed by atoms with E-state index in [1.165, 1.54) is 0 Å². The van der Waals surface area contributed by atoms with Crippen LogP contribution >= 0.6 is 0 Å². The zero-order chi connectivity index (χ0) is 17.3. The zero-order valence-electron chi connectivity index (χ0n) is 15.5. The molecule has 0 aromatic carbocycles. The average Bonchev–Trinajstić information content (AvgIpc) is 3.14. The topological polar surface area (TPSA) is 44.6 Å². The number of nitrogens with zero attached hydrogens (tertiary/aromatic N) is 5. The van der Waals surface area contributed by atoms with Gasteiger partial charge in [0.05, 0.1) is 5.69 Å². The van der Waals surface area contributed by atoms with Crippen LogP contribution in [0, 0.1) is 5.92 Å². The van der Waals surface area contributed by atoms with Crippen molar-refractivity contribution in [3.8, 4) is 0 Å². The van der Waals surface area contributed by atoms with Gasteiger partial charge in [0.25, 0.3) is 0 Å². The van der Waals surface area contributed by atoms with Gasteiger partial charge >= 0.3 is 0 Å². The largest absolute Gasteiger partial charge is 0.340 e. The monoisotopic (exact) mass is 333 g/mol. The first-order valence-corrected chi connectivity index (χ1v) is 9.20. The van der Waals surface area contributed by atoms with Crippen LogP contribution in [0.25, 0.3) is 0 Å². The van der Waals surface area contributed by atoms with Crippen molar-refractivity contribution in [2.24, 2.45) is 5.92 Å². The smallest absolute Gasteiger partial charge is 0.219 e. The molecule has 1 amide bonds. The SMILES string of the molecule is CC(=O)N1CCN([C@@H]2CN(Cc3ccn(C(C)C)n3)C[C@H]2C)CC1. The van der Waals surface area contributed by atoms with E-state index in [4.69, 9.17) is 0 Å². The van der Waals surface area contributed by atoms with Crippen LogP contribution in [0.15, 0.2) is 12.3 Å². The molecule has 2 aliphatic heterocycles. The highest BCUT2D eigenvalue weighted by molar-refractivity contribution is 5.73. The van der Waals surface area contributed by atoms with Gasteiger partial charge in [0.2, 0.25) is 5.91 Å². The fourth-order valence-electron chi connectivity index (χ4n) is 4.00. The first-order chi connectivity index (χ1) is 11.4. The number of hydrogen-bond acceptors (Lipinski definition) is 4. The predicted molar refractivity (Wildman–Crippen MR) is 94.7 cm³/mol. The first-order valence-electron chi connectivity index (χ1n) is 9.20. The Hall–Kier alpha value is -1.40. The van der Waals surface area contributed by atoms with Gasteiger partial charge in [-0.2, -0.15) is 5.10 Å². The summed E-state index contributed by atoms with van der Waals surface area (Å²) in [4.78, 5) is 18.6. The number of piperazine rings is 1. The van der Waals surface area contributed by atoms with Gasteiger partial charge in [-0.3, -0.25) is 19.3 Å². The van der Waals surface area contributed by atoms with E-state index in [0.717, 1.165) is 51.5 Å². The van der Waals surface area contributed by atoms with E-state index < -0.39 is 0 Å². The Bertz CT molecular complexity index is 562. The molecule has 0 radical (unpaired) electrons. The highest BCUT2D eigenvalue weighted by Crippen LogP contribution is 2.24. The van der Waals surface area contributed by atoms with Crippen molar-refractivity contribution < 1.29 is 4.79 Å². The highest BCUT2D eigenvalue weighted by Gasteiger charge is 2.35. The van der Waals surface area contributed by atoms with Crippen LogP contribution in [-0.4, -0.2) is 75.7 Å².